The molecule has 4 heterocycles. The first-order chi connectivity index (χ1) is 16.2. The summed E-state index contributed by atoms with van der Waals surface area (Å²) >= 11 is 0. The second-order valence-electron chi connectivity index (χ2n) is 10.2. The predicted octanol–water partition coefficient (Wildman–Crippen LogP) is 4.82. The minimum absolute atomic E-state index is 0.0705. The van der Waals surface area contributed by atoms with Gasteiger partial charge in [-0.1, -0.05) is 6.07 Å². The van der Waals surface area contributed by atoms with Gasteiger partial charge in [-0.3, -0.25) is 0 Å². The normalized spacial score (nSPS) is 18.9. The third kappa shape index (κ3) is 4.17. The first kappa shape index (κ1) is 22.5. The molecule has 2 aliphatic rings. The number of anilines is 2. The summed E-state index contributed by atoms with van der Waals surface area (Å²) in [5.41, 5.74) is 2.39. The number of benzene rings is 1. The van der Waals surface area contributed by atoms with Gasteiger partial charge in [-0.15, -0.1) is 0 Å². The molecule has 3 aromatic rings. The van der Waals surface area contributed by atoms with Gasteiger partial charge < -0.3 is 24.0 Å². The monoisotopic (exact) mass is 465 g/mol. The van der Waals surface area contributed by atoms with Crippen LogP contribution in [0.25, 0.3) is 16.6 Å². The number of halogens is 1. The average molecular weight is 466 g/mol. The van der Waals surface area contributed by atoms with Gasteiger partial charge in [0, 0.05) is 56.8 Å². The zero-order valence-electron chi connectivity index (χ0n) is 20.3. The Kier molecular flexibility index (Phi) is 5.62. The Hall–Kier alpha value is -3.29. The molecule has 1 amide bonds. The molecule has 180 valence electrons. The van der Waals surface area contributed by atoms with Crippen LogP contribution in [-0.4, -0.2) is 64.9 Å². The van der Waals surface area contributed by atoms with E-state index in [2.05, 4.69) is 27.5 Å². The number of carbonyl (C=O) groups is 1. The van der Waals surface area contributed by atoms with Gasteiger partial charge in [-0.2, -0.15) is 0 Å². The highest BCUT2D eigenvalue weighted by molar-refractivity contribution is 6.03. The van der Waals surface area contributed by atoms with Crippen molar-refractivity contribution in [3.63, 3.8) is 0 Å². The highest BCUT2D eigenvalue weighted by Gasteiger charge is 2.33. The second-order valence-corrected chi connectivity index (χ2v) is 10.2. The number of amides is 1. The Labute approximate surface area is 199 Å². The van der Waals surface area contributed by atoms with Gasteiger partial charge in [0.15, 0.2) is 0 Å². The highest BCUT2D eigenvalue weighted by Crippen LogP contribution is 2.39. The van der Waals surface area contributed by atoms with Crippen LogP contribution >= 0.6 is 0 Å². The maximum Gasteiger partial charge on any atom is 0.410 e. The number of rotatable bonds is 3. The molecule has 2 aliphatic heterocycles. The molecule has 2 fully saturated rings. The molecule has 1 atom stereocenters. The molecule has 0 saturated carbocycles. The van der Waals surface area contributed by atoms with E-state index in [0.29, 0.717) is 19.6 Å². The number of carbonyl (C=O) groups excluding carboxylic acids is 1. The molecule has 1 aromatic carbocycles. The number of nitrogens with zero attached hydrogens (tertiary/aromatic N) is 5. The number of aromatic nitrogens is 2. The molecule has 0 aliphatic carbocycles. The lowest BCUT2D eigenvalue weighted by Crippen LogP contribution is -2.54. The number of hydrogen-bond acceptors (Lipinski definition) is 5. The van der Waals surface area contributed by atoms with E-state index in [0.717, 1.165) is 47.6 Å². The van der Waals surface area contributed by atoms with Crippen molar-refractivity contribution in [3.05, 3.63) is 48.5 Å². The second kappa shape index (κ2) is 8.49. The Morgan fingerprint density at radius 1 is 1.15 bits per heavy atom. The van der Waals surface area contributed by atoms with Crippen LogP contribution in [0.1, 0.15) is 34.1 Å². The summed E-state index contributed by atoms with van der Waals surface area (Å²) in [4.78, 5) is 23.8. The maximum atomic E-state index is 14.0. The Balaban J connectivity index is 1.51. The number of fused-ring (bicyclic) bond motifs is 1. The van der Waals surface area contributed by atoms with Crippen molar-refractivity contribution in [1.29, 1.82) is 0 Å². The summed E-state index contributed by atoms with van der Waals surface area (Å²) < 4.78 is 21.7. The summed E-state index contributed by atoms with van der Waals surface area (Å²) in [5, 5.41) is 1.07. The Bertz CT molecular complexity index is 1210. The molecule has 34 heavy (non-hydrogen) atoms. The molecule has 0 N–H and O–H groups in total. The zero-order chi connectivity index (χ0) is 24.0. The lowest BCUT2D eigenvalue weighted by atomic mass is 10.1. The fourth-order valence-electron chi connectivity index (χ4n) is 4.76. The van der Waals surface area contributed by atoms with Gasteiger partial charge in [-0.05, 0) is 58.4 Å². The van der Waals surface area contributed by atoms with E-state index in [9.17, 15) is 9.18 Å². The summed E-state index contributed by atoms with van der Waals surface area (Å²) in [6, 6.07) is 8.74. The van der Waals surface area contributed by atoms with Crippen LogP contribution in [0.5, 0.6) is 0 Å². The lowest BCUT2D eigenvalue weighted by Gasteiger charge is -2.41. The predicted molar refractivity (Wildman–Crippen MR) is 132 cm³/mol. The Morgan fingerprint density at radius 2 is 1.94 bits per heavy atom. The fraction of sp³-hybridized carbons (Fsp3) is 0.462. The zero-order valence-corrected chi connectivity index (χ0v) is 20.3. The van der Waals surface area contributed by atoms with Crippen LogP contribution in [0.3, 0.4) is 0 Å². The molecule has 2 aromatic heterocycles. The quantitative estimate of drug-likeness (QED) is 0.555. The summed E-state index contributed by atoms with van der Waals surface area (Å²) in [5.74, 6) is 0.650. The molecule has 0 spiro atoms. The van der Waals surface area contributed by atoms with Crippen LogP contribution in [0.4, 0.5) is 20.7 Å². The van der Waals surface area contributed by atoms with E-state index in [1.165, 1.54) is 6.07 Å². The van der Waals surface area contributed by atoms with Crippen LogP contribution in [0, 0.1) is 5.82 Å². The highest BCUT2D eigenvalue weighted by atomic mass is 19.1. The molecule has 7 nitrogen and oxygen atoms in total. The van der Waals surface area contributed by atoms with Crippen molar-refractivity contribution < 1.29 is 13.9 Å². The molecule has 0 radical (unpaired) electrons. The van der Waals surface area contributed by atoms with Gasteiger partial charge in [-0.25, -0.2) is 14.2 Å². The smallest absolute Gasteiger partial charge is 0.410 e. The van der Waals surface area contributed by atoms with Crippen molar-refractivity contribution in [2.75, 3.05) is 42.5 Å². The molecule has 5 rings (SSSR count). The molecular formula is C26H32FN5O2. The van der Waals surface area contributed by atoms with Crippen molar-refractivity contribution in [2.45, 2.75) is 45.8 Å². The van der Waals surface area contributed by atoms with E-state index in [-0.39, 0.29) is 18.0 Å². The molecule has 2 saturated heterocycles. The van der Waals surface area contributed by atoms with E-state index >= 15 is 0 Å². The van der Waals surface area contributed by atoms with Crippen molar-refractivity contribution in [2.24, 2.45) is 0 Å². The van der Waals surface area contributed by atoms with E-state index in [1.807, 2.05) is 39.1 Å². The largest absolute Gasteiger partial charge is 0.444 e. The van der Waals surface area contributed by atoms with Gasteiger partial charge in [0.25, 0.3) is 0 Å². The lowest BCUT2D eigenvalue weighted by molar-refractivity contribution is 0.0218. The minimum atomic E-state index is -0.517. The summed E-state index contributed by atoms with van der Waals surface area (Å²) in [6.45, 7) is 11.6. The molecular weight excluding hydrogens is 433 g/mol. The van der Waals surface area contributed by atoms with Gasteiger partial charge in [0.1, 0.15) is 17.2 Å². The van der Waals surface area contributed by atoms with Crippen molar-refractivity contribution >= 4 is 28.5 Å². The van der Waals surface area contributed by atoms with Crippen LogP contribution in [0.2, 0.25) is 0 Å². The number of piperazine rings is 1. The standard InChI is InChI=1S/C26H32FN5O2/c1-18-16-30(25(33)34-26(2,3)4)13-14-31(18)24-23-21(9-10-28-24)32(17-22(23)29-11-6-12-29)20-8-5-7-19(27)15-20/h5,7-10,15,17-18H,6,11-14,16H2,1-4H3. The maximum absolute atomic E-state index is 14.0. The summed E-state index contributed by atoms with van der Waals surface area (Å²) in [7, 11) is 0. The first-order valence-electron chi connectivity index (χ1n) is 12.0. The van der Waals surface area contributed by atoms with E-state index in [1.54, 1.807) is 17.0 Å². The Morgan fingerprint density at radius 3 is 2.59 bits per heavy atom. The van der Waals surface area contributed by atoms with Crippen LogP contribution < -0.4 is 9.80 Å². The van der Waals surface area contributed by atoms with E-state index < -0.39 is 5.60 Å². The molecule has 1 unspecified atom stereocenters. The van der Waals surface area contributed by atoms with Crippen molar-refractivity contribution in [1.82, 2.24) is 14.5 Å². The van der Waals surface area contributed by atoms with Gasteiger partial charge in [0.05, 0.1) is 16.6 Å². The molecule has 8 heteroatoms. The average Bonchev–Trinajstić information content (AvgIpc) is 3.11. The topological polar surface area (TPSA) is 53.8 Å². The molecule has 0 bridgehead atoms. The minimum Gasteiger partial charge on any atom is -0.444 e. The van der Waals surface area contributed by atoms with Crippen molar-refractivity contribution in [3.8, 4) is 5.69 Å². The number of ether oxygens (including phenoxy) is 1. The van der Waals surface area contributed by atoms with E-state index in [4.69, 9.17) is 9.72 Å². The third-order valence-electron chi connectivity index (χ3n) is 6.51. The van der Waals surface area contributed by atoms with Crippen LogP contribution in [0.15, 0.2) is 42.7 Å². The first-order valence-corrected chi connectivity index (χ1v) is 12.0. The number of pyridine rings is 1. The fourth-order valence-corrected chi connectivity index (χ4v) is 4.76. The van der Waals surface area contributed by atoms with Gasteiger partial charge >= 0.3 is 6.09 Å². The third-order valence-corrected chi connectivity index (χ3v) is 6.51. The van der Waals surface area contributed by atoms with Gasteiger partial charge in [0.2, 0.25) is 0 Å². The SMILES string of the molecule is CC1CN(C(=O)OC(C)(C)C)CCN1c1nccc2c1c(N1CCC1)cn2-c1cccc(F)c1. The van der Waals surface area contributed by atoms with Crippen LogP contribution in [-0.2, 0) is 4.74 Å². The number of hydrogen-bond donors (Lipinski definition) is 0. The summed E-state index contributed by atoms with van der Waals surface area (Å²) in [6.07, 6.45) is 4.81.